The van der Waals surface area contributed by atoms with Crippen molar-refractivity contribution in [3.63, 3.8) is 0 Å². The summed E-state index contributed by atoms with van der Waals surface area (Å²) in [5.74, 6) is -1.39. The highest BCUT2D eigenvalue weighted by Crippen LogP contribution is 2.33. The molecule has 2 aliphatic rings. The van der Waals surface area contributed by atoms with Crippen molar-refractivity contribution in [2.24, 2.45) is 5.41 Å². The molecule has 1 saturated heterocycles. The molecule has 3 N–H and O–H groups in total. The number of halogens is 1. The molecule has 124 valence electrons. The second-order valence-corrected chi connectivity index (χ2v) is 6.81. The number of piperidine rings is 1. The molecule has 5 nitrogen and oxygen atoms in total. The van der Waals surface area contributed by atoms with Gasteiger partial charge in [0.05, 0.1) is 5.92 Å². The van der Waals surface area contributed by atoms with Crippen LogP contribution in [0.5, 0.6) is 0 Å². The maximum absolute atomic E-state index is 13.3. The SMILES string of the molecule is CC1(CNC(=O)C2CC(=O)Nc3cc(F)ccc32)CCNCC1. The Balaban J connectivity index is 1.71. The molecule has 0 aromatic heterocycles. The Morgan fingerprint density at radius 1 is 1.39 bits per heavy atom. The third kappa shape index (κ3) is 3.52. The number of hydrogen-bond acceptors (Lipinski definition) is 3. The zero-order valence-electron chi connectivity index (χ0n) is 13.2. The quantitative estimate of drug-likeness (QED) is 0.795. The smallest absolute Gasteiger partial charge is 0.228 e. The van der Waals surface area contributed by atoms with Crippen LogP contribution in [0, 0.1) is 11.2 Å². The van der Waals surface area contributed by atoms with Gasteiger partial charge in [0.25, 0.3) is 0 Å². The Hall–Kier alpha value is -1.95. The first-order chi connectivity index (χ1) is 11.0. The van der Waals surface area contributed by atoms with Crippen molar-refractivity contribution in [2.45, 2.75) is 32.1 Å². The lowest BCUT2D eigenvalue weighted by Crippen LogP contribution is -2.44. The highest BCUT2D eigenvalue weighted by atomic mass is 19.1. The standard InChI is InChI=1S/C17H22FN3O2/c1-17(4-6-19-7-5-17)10-20-16(23)13-9-15(22)21-14-8-11(18)2-3-12(13)14/h2-3,8,13,19H,4-7,9-10H2,1H3,(H,20,23)(H,21,22). The van der Waals surface area contributed by atoms with Gasteiger partial charge in [-0.3, -0.25) is 9.59 Å². The molecule has 23 heavy (non-hydrogen) atoms. The number of nitrogens with one attached hydrogen (secondary N) is 3. The Kier molecular flexibility index (Phi) is 4.35. The van der Waals surface area contributed by atoms with E-state index in [1.165, 1.54) is 12.1 Å². The van der Waals surface area contributed by atoms with Gasteiger partial charge >= 0.3 is 0 Å². The van der Waals surface area contributed by atoms with Crippen LogP contribution in [0.25, 0.3) is 0 Å². The number of rotatable bonds is 3. The Labute approximate surface area is 135 Å². The number of anilines is 1. The van der Waals surface area contributed by atoms with Crippen molar-refractivity contribution in [1.82, 2.24) is 10.6 Å². The Morgan fingerprint density at radius 2 is 2.13 bits per heavy atom. The molecule has 2 amide bonds. The topological polar surface area (TPSA) is 70.2 Å². The Morgan fingerprint density at radius 3 is 2.87 bits per heavy atom. The fraction of sp³-hybridized carbons (Fsp3) is 0.529. The molecule has 0 aliphatic carbocycles. The second kappa shape index (κ2) is 6.28. The van der Waals surface area contributed by atoms with Crippen LogP contribution in [0.1, 0.15) is 37.7 Å². The van der Waals surface area contributed by atoms with Gasteiger partial charge in [-0.05, 0) is 49.0 Å². The number of amides is 2. The summed E-state index contributed by atoms with van der Waals surface area (Å²) < 4.78 is 13.3. The number of carbonyl (C=O) groups is 2. The first-order valence-electron chi connectivity index (χ1n) is 8.05. The average Bonchev–Trinajstić information content (AvgIpc) is 2.52. The van der Waals surface area contributed by atoms with Crippen molar-refractivity contribution in [2.75, 3.05) is 25.0 Å². The minimum Gasteiger partial charge on any atom is -0.355 e. The second-order valence-electron chi connectivity index (χ2n) is 6.81. The number of hydrogen-bond donors (Lipinski definition) is 3. The molecule has 2 heterocycles. The molecule has 1 fully saturated rings. The summed E-state index contributed by atoms with van der Waals surface area (Å²) in [5, 5.41) is 8.94. The van der Waals surface area contributed by atoms with Gasteiger partial charge in [-0.15, -0.1) is 0 Å². The minimum absolute atomic E-state index is 0.0868. The van der Waals surface area contributed by atoms with Crippen molar-refractivity contribution in [3.8, 4) is 0 Å². The van der Waals surface area contributed by atoms with E-state index in [2.05, 4.69) is 22.9 Å². The molecule has 0 bridgehead atoms. The van der Waals surface area contributed by atoms with Crippen LogP contribution in [-0.2, 0) is 9.59 Å². The van der Waals surface area contributed by atoms with E-state index in [1.54, 1.807) is 6.07 Å². The average molecular weight is 319 g/mol. The molecule has 0 spiro atoms. The van der Waals surface area contributed by atoms with Crippen molar-refractivity contribution < 1.29 is 14.0 Å². The van der Waals surface area contributed by atoms with Crippen molar-refractivity contribution >= 4 is 17.5 Å². The van der Waals surface area contributed by atoms with Crippen LogP contribution in [0.15, 0.2) is 18.2 Å². The van der Waals surface area contributed by atoms with Crippen LogP contribution in [0.2, 0.25) is 0 Å². The van der Waals surface area contributed by atoms with Crippen LogP contribution >= 0.6 is 0 Å². The van der Waals surface area contributed by atoms with E-state index in [-0.39, 0.29) is 23.7 Å². The normalized spacial score (nSPS) is 22.9. The number of benzene rings is 1. The lowest BCUT2D eigenvalue weighted by Gasteiger charge is -2.35. The Bertz CT molecular complexity index is 626. The molecule has 1 aromatic rings. The predicted octanol–water partition coefficient (Wildman–Crippen LogP) is 1.76. The minimum atomic E-state index is -0.551. The molecule has 1 atom stereocenters. The molecule has 3 rings (SSSR count). The first-order valence-corrected chi connectivity index (χ1v) is 8.05. The van der Waals surface area contributed by atoms with E-state index in [9.17, 15) is 14.0 Å². The summed E-state index contributed by atoms with van der Waals surface area (Å²) in [4.78, 5) is 24.4. The van der Waals surface area contributed by atoms with E-state index in [0.29, 0.717) is 17.8 Å². The molecule has 2 aliphatic heterocycles. The first kappa shape index (κ1) is 15.9. The molecule has 0 radical (unpaired) electrons. The monoisotopic (exact) mass is 319 g/mol. The summed E-state index contributed by atoms with van der Waals surface area (Å²) in [6.45, 7) is 4.69. The van der Waals surface area contributed by atoms with E-state index in [1.807, 2.05) is 0 Å². The largest absolute Gasteiger partial charge is 0.355 e. The van der Waals surface area contributed by atoms with Gasteiger partial charge < -0.3 is 16.0 Å². The van der Waals surface area contributed by atoms with Crippen molar-refractivity contribution in [3.05, 3.63) is 29.6 Å². The highest BCUT2D eigenvalue weighted by Gasteiger charge is 2.33. The summed E-state index contributed by atoms with van der Waals surface area (Å²) in [5.41, 5.74) is 1.16. The fourth-order valence-electron chi connectivity index (χ4n) is 3.30. The molecule has 0 saturated carbocycles. The zero-order chi connectivity index (χ0) is 16.4. The van der Waals surface area contributed by atoms with Crippen LogP contribution in [-0.4, -0.2) is 31.4 Å². The summed E-state index contributed by atoms with van der Waals surface area (Å²) in [7, 11) is 0. The van der Waals surface area contributed by atoms with E-state index >= 15 is 0 Å². The molecule has 1 aromatic carbocycles. The van der Waals surface area contributed by atoms with E-state index in [4.69, 9.17) is 0 Å². The summed E-state index contributed by atoms with van der Waals surface area (Å²) in [6, 6.07) is 4.17. The van der Waals surface area contributed by atoms with Gasteiger partial charge in [0.15, 0.2) is 0 Å². The maximum Gasteiger partial charge on any atom is 0.228 e. The van der Waals surface area contributed by atoms with Gasteiger partial charge in [0.1, 0.15) is 5.82 Å². The van der Waals surface area contributed by atoms with Gasteiger partial charge in [0.2, 0.25) is 11.8 Å². The van der Waals surface area contributed by atoms with E-state index < -0.39 is 11.7 Å². The third-order valence-corrected chi connectivity index (χ3v) is 4.87. The molecule has 6 heteroatoms. The van der Waals surface area contributed by atoms with Crippen LogP contribution in [0.3, 0.4) is 0 Å². The molecular weight excluding hydrogens is 297 g/mol. The van der Waals surface area contributed by atoms with Crippen molar-refractivity contribution in [1.29, 1.82) is 0 Å². The third-order valence-electron chi connectivity index (χ3n) is 4.87. The van der Waals surface area contributed by atoms with E-state index in [0.717, 1.165) is 25.9 Å². The number of carbonyl (C=O) groups excluding carboxylic acids is 2. The van der Waals surface area contributed by atoms with Crippen LogP contribution in [0.4, 0.5) is 10.1 Å². The molecule has 1 unspecified atom stereocenters. The van der Waals surface area contributed by atoms with Gasteiger partial charge in [0, 0.05) is 18.7 Å². The fourth-order valence-corrected chi connectivity index (χ4v) is 3.30. The van der Waals surface area contributed by atoms with Gasteiger partial charge in [-0.2, -0.15) is 0 Å². The lowest BCUT2D eigenvalue weighted by atomic mass is 9.80. The predicted molar refractivity (Wildman–Crippen MR) is 85.6 cm³/mol. The van der Waals surface area contributed by atoms with Crippen LogP contribution < -0.4 is 16.0 Å². The summed E-state index contributed by atoms with van der Waals surface area (Å²) in [6.07, 6.45) is 2.13. The summed E-state index contributed by atoms with van der Waals surface area (Å²) >= 11 is 0. The maximum atomic E-state index is 13.3. The zero-order valence-corrected chi connectivity index (χ0v) is 13.2. The van der Waals surface area contributed by atoms with Gasteiger partial charge in [-0.25, -0.2) is 4.39 Å². The lowest BCUT2D eigenvalue weighted by molar-refractivity contribution is -0.126. The van der Waals surface area contributed by atoms with Gasteiger partial charge in [-0.1, -0.05) is 13.0 Å². The number of fused-ring (bicyclic) bond motifs is 1. The molecular formula is C17H22FN3O2. The highest BCUT2D eigenvalue weighted by molar-refractivity contribution is 6.01.